The van der Waals surface area contributed by atoms with Crippen LogP contribution in [0.15, 0.2) is 24.3 Å². The molecule has 1 N–H and O–H groups in total. The highest BCUT2D eigenvalue weighted by molar-refractivity contribution is 5.32. The second-order valence-corrected chi connectivity index (χ2v) is 5.38. The Morgan fingerprint density at radius 2 is 2.00 bits per heavy atom. The summed E-state index contributed by atoms with van der Waals surface area (Å²) >= 11 is 0. The molecule has 0 saturated carbocycles. The highest BCUT2D eigenvalue weighted by atomic mass is 16.5. The molecule has 1 aromatic rings. The van der Waals surface area contributed by atoms with Gasteiger partial charge < -0.3 is 9.84 Å². The van der Waals surface area contributed by atoms with Crippen LogP contribution in [0.3, 0.4) is 0 Å². The van der Waals surface area contributed by atoms with E-state index in [2.05, 4.69) is 32.9 Å². The van der Waals surface area contributed by atoms with Crippen molar-refractivity contribution in [1.29, 1.82) is 0 Å². The Balaban J connectivity index is 2.68. The van der Waals surface area contributed by atoms with Crippen LogP contribution >= 0.6 is 0 Å². The third kappa shape index (κ3) is 3.86. The van der Waals surface area contributed by atoms with Crippen LogP contribution in [0.4, 0.5) is 0 Å². The molecular weight excluding hydrogens is 200 g/mol. The molecular formula is C14H22O2. The van der Waals surface area contributed by atoms with E-state index in [1.807, 2.05) is 19.1 Å². The van der Waals surface area contributed by atoms with E-state index >= 15 is 0 Å². The Morgan fingerprint density at radius 3 is 2.56 bits per heavy atom. The first-order valence-corrected chi connectivity index (χ1v) is 5.77. The minimum absolute atomic E-state index is 0.141. The van der Waals surface area contributed by atoms with Crippen LogP contribution in [0.2, 0.25) is 0 Å². The van der Waals surface area contributed by atoms with Crippen LogP contribution in [0, 0.1) is 5.92 Å². The number of hydrogen-bond donors (Lipinski definition) is 1. The zero-order chi connectivity index (χ0) is 12.2. The molecule has 90 valence electrons. The lowest BCUT2D eigenvalue weighted by atomic mass is 9.87. The van der Waals surface area contributed by atoms with Crippen molar-refractivity contribution in [3.63, 3.8) is 0 Å². The first-order chi connectivity index (χ1) is 7.43. The van der Waals surface area contributed by atoms with Gasteiger partial charge in [-0.25, -0.2) is 0 Å². The van der Waals surface area contributed by atoms with Crippen LogP contribution < -0.4 is 4.74 Å². The minimum Gasteiger partial charge on any atom is -0.493 e. The Hall–Kier alpha value is -1.02. The molecule has 16 heavy (non-hydrogen) atoms. The van der Waals surface area contributed by atoms with Crippen molar-refractivity contribution < 1.29 is 9.84 Å². The predicted molar refractivity (Wildman–Crippen MR) is 66.9 cm³/mol. The third-order valence-electron chi connectivity index (χ3n) is 2.55. The smallest absolute Gasteiger partial charge is 0.119 e. The van der Waals surface area contributed by atoms with Gasteiger partial charge in [0.15, 0.2) is 0 Å². The van der Waals surface area contributed by atoms with E-state index in [1.54, 1.807) is 0 Å². The molecule has 0 aliphatic carbocycles. The number of ether oxygens (including phenoxy) is 1. The lowest BCUT2D eigenvalue weighted by molar-refractivity contribution is 0.174. The SMILES string of the molecule is CC(CO)COc1cccc(C(C)(C)C)c1. The van der Waals surface area contributed by atoms with Gasteiger partial charge in [0.25, 0.3) is 0 Å². The largest absolute Gasteiger partial charge is 0.493 e. The van der Waals surface area contributed by atoms with Gasteiger partial charge in [-0.3, -0.25) is 0 Å². The molecule has 0 heterocycles. The molecule has 0 aliphatic rings. The quantitative estimate of drug-likeness (QED) is 0.848. The van der Waals surface area contributed by atoms with Crippen LogP contribution in [0.5, 0.6) is 5.75 Å². The molecule has 0 radical (unpaired) electrons. The average molecular weight is 222 g/mol. The molecule has 1 aromatic carbocycles. The van der Waals surface area contributed by atoms with E-state index < -0.39 is 0 Å². The summed E-state index contributed by atoms with van der Waals surface area (Å²) in [5, 5.41) is 8.92. The van der Waals surface area contributed by atoms with Crippen molar-refractivity contribution in [3.05, 3.63) is 29.8 Å². The van der Waals surface area contributed by atoms with Crippen molar-refractivity contribution in [1.82, 2.24) is 0 Å². The Morgan fingerprint density at radius 1 is 1.31 bits per heavy atom. The summed E-state index contributed by atoms with van der Waals surface area (Å²) in [6.07, 6.45) is 0. The predicted octanol–water partition coefficient (Wildman–Crippen LogP) is 2.99. The fourth-order valence-corrected chi connectivity index (χ4v) is 1.34. The van der Waals surface area contributed by atoms with Gasteiger partial charge in [-0.05, 0) is 23.1 Å². The lowest BCUT2D eigenvalue weighted by Crippen LogP contribution is -2.14. The average Bonchev–Trinajstić information content (AvgIpc) is 2.25. The first kappa shape index (κ1) is 13.0. The monoisotopic (exact) mass is 222 g/mol. The fourth-order valence-electron chi connectivity index (χ4n) is 1.34. The molecule has 0 aromatic heterocycles. The van der Waals surface area contributed by atoms with E-state index in [-0.39, 0.29) is 17.9 Å². The number of rotatable bonds is 4. The minimum atomic E-state index is 0.141. The number of aliphatic hydroxyl groups excluding tert-OH is 1. The summed E-state index contributed by atoms with van der Waals surface area (Å²) in [7, 11) is 0. The summed E-state index contributed by atoms with van der Waals surface area (Å²) < 4.78 is 5.63. The molecule has 2 heteroatoms. The number of hydrogen-bond acceptors (Lipinski definition) is 2. The Bertz CT molecular complexity index is 326. The fraction of sp³-hybridized carbons (Fsp3) is 0.571. The van der Waals surface area contributed by atoms with Gasteiger partial charge in [0, 0.05) is 12.5 Å². The van der Waals surface area contributed by atoms with Crippen LogP contribution in [-0.2, 0) is 5.41 Å². The summed E-state index contributed by atoms with van der Waals surface area (Å²) in [5.41, 5.74) is 1.41. The second-order valence-electron chi connectivity index (χ2n) is 5.38. The van der Waals surface area contributed by atoms with Gasteiger partial charge in [-0.15, -0.1) is 0 Å². The topological polar surface area (TPSA) is 29.5 Å². The molecule has 0 fully saturated rings. The molecule has 2 nitrogen and oxygen atoms in total. The lowest BCUT2D eigenvalue weighted by Gasteiger charge is -2.20. The highest BCUT2D eigenvalue weighted by Crippen LogP contribution is 2.25. The van der Waals surface area contributed by atoms with Crippen molar-refractivity contribution >= 4 is 0 Å². The maximum atomic E-state index is 8.92. The number of benzene rings is 1. The summed E-state index contributed by atoms with van der Waals surface area (Å²) in [4.78, 5) is 0. The van der Waals surface area contributed by atoms with Gasteiger partial charge in [-0.1, -0.05) is 39.8 Å². The van der Waals surface area contributed by atoms with E-state index in [0.717, 1.165) is 5.75 Å². The summed E-state index contributed by atoms with van der Waals surface area (Å²) in [5.74, 6) is 1.06. The zero-order valence-corrected chi connectivity index (χ0v) is 10.7. The van der Waals surface area contributed by atoms with Gasteiger partial charge in [0.2, 0.25) is 0 Å². The second kappa shape index (κ2) is 5.35. The molecule has 1 atom stereocenters. The highest BCUT2D eigenvalue weighted by Gasteiger charge is 2.14. The third-order valence-corrected chi connectivity index (χ3v) is 2.55. The van der Waals surface area contributed by atoms with Crippen LogP contribution in [0.1, 0.15) is 33.3 Å². The van der Waals surface area contributed by atoms with Crippen molar-refractivity contribution in [3.8, 4) is 5.75 Å². The van der Waals surface area contributed by atoms with E-state index in [9.17, 15) is 0 Å². The van der Waals surface area contributed by atoms with Crippen LogP contribution in [0.25, 0.3) is 0 Å². The molecule has 1 unspecified atom stereocenters. The Kier molecular flexibility index (Phi) is 4.36. The van der Waals surface area contributed by atoms with Crippen LogP contribution in [-0.4, -0.2) is 18.3 Å². The van der Waals surface area contributed by atoms with Gasteiger partial charge in [0.05, 0.1) is 6.61 Å². The molecule has 0 bridgehead atoms. The molecule has 0 aliphatic heterocycles. The van der Waals surface area contributed by atoms with Crippen molar-refractivity contribution in [2.45, 2.75) is 33.1 Å². The van der Waals surface area contributed by atoms with Gasteiger partial charge in [0.1, 0.15) is 5.75 Å². The molecule has 0 saturated heterocycles. The summed E-state index contributed by atoms with van der Waals surface area (Å²) in [6, 6.07) is 8.16. The molecule has 0 spiro atoms. The first-order valence-electron chi connectivity index (χ1n) is 5.77. The zero-order valence-electron chi connectivity index (χ0n) is 10.7. The molecule has 0 amide bonds. The van der Waals surface area contributed by atoms with Crippen molar-refractivity contribution in [2.24, 2.45) is 5.92 Å². The van der Waals surface area contributed by atoms with E-state index in [4.69, 9.17) is 9.84 Å². The Labute approximate surface area is 98.3 Å². The normalized spacial score (nSPS) is 13.6. The number of aliphatic hydroxyl groups is 1. The standard InChI is InChI=1S/C14H22O2/c1-11(9-15)10-16-13-7-5-6-12(8-13)14(2,3)4/h5-8,11,15H,9-10H2,1-4H3. The van der Waals surface area contributed by atoms with E-state index in [1.165, 1.54) is 5.56 Å². The van der Waals surface area contributed by atoms with Gasteiger partial charge >= 0.3 is 0 Å². The van der Waals surface area contributed by atoms with Gasteiger partial charge in [-0.2, -0.15) is 0 Å². The summed E-state index contributed by atoms with van der Waals surface area (Å²) in [6.45, 7) is 9.24. The maximum Gasteiger partial charge on any atom is 0.119 e. The maximum absolute atomic E-state index is 8.92. The van der Waals surface area contributed by atoms with Crippen molar-refractivity contribution in [2.75, 3.05) is 13.2 Å². The molecule has 1 rings (SSSR count). The van der Waals surface area contributed by atoms with E-state index in [0.29, 0.717) is 6.61 Å².